The largest absolute Gasteiger partial charge is 0.313 e. The van der Waals surface area contributed by atoms with E-state index in [2.05, 4.69) is 5.32 Å². The smallest absolute Gasteiger partial charge is 0.141 e. The van der Waals surface area contributed by atoms with E-state index < -0.39 is 5.82 Å². The lowest BCUT2D eigenvalue weighted by Crippen LogP contribution is -2.11. The van der Waals surface area contributed by atoms with E-state index in [-0.39, 0.29) is 10.8 Å². The average Bonchev–Trinajstić information content (AvgIpc) is 2.40. The molecule has 0 radical (unpaired) electrons. The minimum absolute atomic E-state index is 0.00590. The van der Waals surface area contributed by atoms with Gasteiger partial charge in [-0.15, -0.1) is 0 Å². The average molecular weight is 282 g/mol. The number of benzene rings is 2. The molecule has 0 unspecified atom stereocenters. The van der Waals surface area contributed by atoms with Gasteiger partial charge in [-0.3, -0.25) is 0 Å². The lowest BCUT2D eigenvalue weighted by Gasteiger charge is -2.07. The van der Waals surface area contributed by atoms with Gasteiger partial charge >= 0.3 is 0 Å². The Hall–Kier alpha value is -1.45. The van der Waals surface area contributed by atoms with Gasteiger partial charge in [0.05, 0.1) is 5.02 Å². The van der Waals surface area contributed by atoms with Crippen molar-refractivity contribution in [3.63, 3.8) is 0 Å². The van der Waals surface area contributed by atoms with Crippen molar-refractivity contribution in [2.75, 3.05) is 6.54 Å². The molecule has 0 aliphatic carbocycles. The van der Waals surface area contributed by atoms with Gasteiger partial charge in [-0.25, -0.2) is 8.78 Å². The summed E-state index contributed by atoms with van der Waals surface area (Å²) in [5.41, 5.74) is 1.86. The highest BCUT2D eigenvalue weighted by Gasteiger charge is 2.08. The Morgan fingerprint density at radius 2 is 1.84 bits per heavy atom. The summed E-state index contributed by atoms with van der Waals surface area (Å²) in [7, 11) is 0. The van der Waals surface area contributed by atoms with Crippen LogP contribution in [0.5, 0.6) is 0 Å². The first-order chi connectivity index (χ1) is 9.11. The van der Waals surface area contributed by atoms with E-state index >= 15 is 0 Å². The van der Waals surface area contributed by atoms with Crippen LogP contribution < -0.4 is 5.32 Å². The summed E-state index contributed by atoms with van der Waals surface area (Å²) in [5.74, 6) is -0.840. The van der Waals surface area contributed by atoms with Crippen molar-refractivity contribution in [1.29, 1.82) is 0 Å². The fourth-order valence-electron chi connectivity index (χ4n) is 1.84. The minimum Gasteiger partial charge on any atom is -0.313 e. The standard InChI is InChI=1S/C15H14ClF2N/c1-2-19-9-10-3-5-12(15(18)7-10)11-4-6-14(17)13(16)8-11/h3-8,19H,2,9H2,1H3. The van der Waals surface area contributed by atoms with Gasteiger partial charge in [0.1, 0.15) is 11.6 Å². The Balaban J connectivity index is 2.32. The number of rotatable bonds is 4. The van der Waals surface area contributed by atoms with Crippen LogP contribution >= 0.6 is 11.6 Å². The van der Waals surface area contributed by atoms with Crippen molar-refractivity contribution in [2.45, 2.75) is 13.5 Å². The zero-order chi connectivity index (χ0) is 13.8. The Morgan fingerprint density at radius 1 is 1.05 bits per heavy atom. The van der Waals surface area contributed by atoms with E-state index in [1.165, 1.54) is 24.3 Å². The second kappa shape index (κ2) is 6.13. The summed E-state index contributed by atoms with van der Waals surface area (Å²) in [5, 5.41) is 3.12. The normalized spacial score (nSPS) is 10.7. The minimum atomic E-state index is -0.505. The Bertz CT molecular complexity index is 584. The second-order valence-corrected chi connectivity index (χ2v) is 4.63. The molecule has 0 spiro atoms. The molecule has 0 atom stereocenters. The van der Waals surface area contributed by atoms with Gasteiger partial charge in [0.25, 0.3) is 0 Å². The number of hydrogen-bond acceptors (Lipinski definition) is 1. The topological polar surface area (TPSA) is 12.0 Å². The second-order valence-electron chi connectivity index (χ2n) is 4.22. The van der Waals surface area contributed by atoms with Crippen LogP contribution in [0.3, 0.4) is 0 Å². The third-order valence-electron chi connectivity index (χ3n) is 2.84. The number of nitrogens with one attached hydrogen (secondary N) is 1. The van der Waals surface area contributed by atoms with E-state index in [4.69, 9.17) is 11.6 Å². The molecule has 2 aromatic rings. The van der Waals surface area contributed by atoms with E-state index in [0.29, 0.717) is 17.7 Å². The van der Waals surface area contributed by atoms with Crippen molar-refractivity contribution in [2.24, 2.45) is 0 Å². The van der Waals surface area contributed by atoms with E-state index in [1.54, 1.807) is 6.07 Å². The molecule has 100 valence electrons. The van der Waals surface area contributed by atoms with Crippen LogP contribution in [0.2, 0.25) is 5.02 Å². The Kier molecular flexibility index (Phi) is 4.51. The molecule has 2 rings (SSSR count). The molecule has 4 heteroatoms. The van der Waals surface area contributed by atoms with Crippen LogP contribution in [0, 0.1) is 11.6 Å². The maximum atomic E-state index is 14.0. The molecule has 2 aromatic carbocycles. The van der Waals surface area contributed by atoms with Crippen LogP contribution in [0.15, 0.2) is 36.4 Å². The van der Waals surface area contributed by atoms with Gasteiger partial charge in [0.15, 0.2) is 0 Å². The van der Waals surface area contributed by atoms with Crippen molar-refractivity contribution < 1.29 is 8.78 Å². The lowest BCUT2D eigenvalue weighted by atomic mass is 10.0. The van der Waals surface area contributed by atoms with Gasteiger partial charge in [-0.05, 0) is 35.9 Å². The maximum absolute atomic E-state index is 14.0. The summed E-state index contributed by atoms with van der Waals surface area (Å²) in [6, 6.07) is 9.20. The third kappa shape index (κ3) is 3.31. The van der Waals surface area contributed by atoms with Crippen molar-refractivity contribution in [3.8, 4) is 11.1 Å². The SMILES string of the molecule is CCNCc1ccc(-c2ccc(F)c(Cl)c2)c(F)c1. The fraction of sp³-hybridized carbons (Fsp3) is 0.200. The molecule has 0 aliphatic heterocycles. The first-order valence-corrected chi connectivity index (χ1v) is 6.44. The van der Waals surface area contributed by atoms with Gasteiger partial charge < -0.3 is 5.32 Å². The molecule has 0 aromatic heterocycles. The monoisotopic (exact) mass is 281 g/mol. The summed E-state index contributed by atoms with van der Waals surface area (Å²) < 4.78 is 27.1. The molecular weight excluding hydrogens is 268 g/mol. The van der Waals surface area contributed by atoms with Crippen LogP contribution in [0.1, 0.15) is 12.5 Å². The molecule has 0 saturated heterocycles. The molecule has 0 aliphatic rings. The number of halogens is 3. The van der Waals surface area contributed by atoms with Gasteiger partial charge in [0, 0.05) is 12.1 Å². The maximum Gasteiger partial charge on any atom is 0.141 e. The molecule has 0 amide bonds. The van der Waals surface area contributed by atoms with E-state index in [9.17, 15) is 8.78 Å². The highest BCUT2D eigenvalue weighted by atomic mass is 35.5. The van der Waals surface area contributed by atoms with E-state index in [0.717, 1.165) is 12.1 Å². The molecule has 0 saturated carbocycles. The highest BCUT2D eigenvalue weighted by Crippen LogP contribution is 2.27. The summed E-state index contributed by atoms with van der Waals surface area (Å²) >= 11 is 5.71. The molecular formula is C15H14ClF2N. The van der Waals surface area contributed by atoms with Crippen molar-refractivity contribution in [3.05, 3.63) is 58.6 Å². The lowest BCUT2D eigenvalue weighted by molar-refractivity contribution is 0.623. The first-order valence-electron chi connectivity index (χ1n) is 6.06. The third-order valence-corrected chi connectivity index (χ3v) is 3.13. The predicted molar refractivity (Wildman–Crippen MR) is 74.2 cm³/mol. The molecule has 0 fully saturated rings. The summed E-state index contributed by atoms with van der Waals surface area (Å²) in [6.45, 7) is 3.44. The van der Waals surface area contributed by atoms with Crippen molar-refractivity contribution in [1.82, 2.24) is 5.32 Å². The first kappa shape index (κ1) is 14.0. The quantitative estimate of drug-likeness (QED) is 0.876. The molecule has 1 N–H and O–H groups in total. The van der Waals surface area contributed by atoms with Gasteiger partial charge in [0.2, 0.25) is 0 Å². The Labute approximate surface area is 116 Å². The van der Waals surface area contributed by atoms with Crippen LogP contribution in [-0.2, 0) is 6.54 Å². The van der Waals surface area contributed by atoms with E-state index in [1.807, 2.05) is 13.0 Å². The van der Waals surface area contributed by atoms with Crippen LogP contribution in [-0.4, -0.2) is 6.54 Å². The van der Waals surface area contributed by atoms with Crippen molar-refractivity contribution >= 4 is 11.6 Å². The molecule has 0 bridgehead atoms. The Morgan fingerprint density at radius 3 is 2.47 bits per heavy atom. The molecule has 19 heavy (non-hydrogen) atoms. The predicted octanol–water partition coefficient (Wildman–Crippen LogP) is 4.39. The summed E-state index contributed by atoms with van der Waals surface area (Å²) in [6.07, 6.45) is 0. The number of hydrogen-bond donors (Lipinski definition) is 1. The van der Waals surface area contributed by atoms with Crippen LogP contribution in [0.25, 0.3) is 11.1 Å². The zero-order valence-electron chi connectivity index (χ0n) is 10.5. The summed E-state index contributed by atoms with van der Waals surface area (Å²) in [4.78, 5) is 0. The zero-order valence-corrected chi connectivity index (χ0v) is 11.3. The fourth-order valence-corrected chi connectivity index (χ4v) is 2.02. The highest BCUT2D eigenvalue weighted by molar-refractivity contribution is 6.31. The van der Waals surface area contributed by atoms with Crippen LogP contribution in [0.4, 0.5) is 8.78 Å². The molecule has 0 heterocycles. The van der Waals surface area contributed by atoms with Gasteiger partial charge in [-0.2, -0.15) is 0 Å². The molecule has 1 nitrogen and oxygen atoms in total. The van der Waals surface area contributed by atoms with Gasteiger partial charge in [-0.1, -0.05) is 36.7 Å².